The van der Waals surface area contributed by atoms with E-state index in [1.54, 1.807) is 11.3 Å². The Morgan fingerprint density at radius 2 is 1.83 bits per heavy atom. The second kappa shape index (κ2) is 12.3. The van der Waals surface area contributed by atoms with Gasteiger partial charge < -0.3 is 15.5 Å². The molecule has 0 spiro atoms. The largest absolute Gasteiger partial charge is 0.356 e. The van der Waals surface area contributed by atoms with Crippen LogP contribution < -0.4 is 10.6 Å². The Morgan fingerprint density at radius 1 is 1.13 bits per heavy atom. The second-order valence-corrected chi connectivity index (χ2v) is 7.17. The minimum atomic E-state index is 0.868. The van der Waals surface area contributed by atoms with Crippen LogP contribution in [0.4, 0.5) is 0 Å². The van der Waals surface area contributed by atoms with Crippen molar-refractivity contribution >= 4 is 17.3 Å². The lowest BCUT2D eigenvalue weighted by Gasteiger charge is -2.11. The Labute approximate surface area is 145 Å². The number of nitrogens with zero attached hydrogens (tertiary/aromatic N) is 3. The maximum absolute atomic E-state index is 4.47. The van der Waals surface area contributed by atoms with Crippen LogP contribution in [-0.4, -0.2) is 56.6 Å². The van der Waals surface area contributed by atoms with Gasteiger partial charge in [0, 0.05) is 31.9 Å². The molecule has 0 saturated heterocycles. The zero-order valence-corrected chi connectivity index (χ0v) is 16.0. The number of rotatable bonds is 11. The molecular weight excluding hydrogens is 306 g/mol. The van der Waals surface area contributed by atoms with Gasteiger partial charge in [-0.05, 0) is 40.4 Å². The van der Waals surface area contributed by atoms with E-state index in [2.05, 4.69) is 45.0 Å². The predicted molar refractivity (Wildman–Crippen MR) is 102 cm³/mol. The van der Waals surface area contributed by atoms with Gasteiger partial charge in [-0.25, -0.2) is 4.98 Å². The molecule has 6 heteroatoms. The van der Waals surface area contributed by atoms with Gasteiger partial charge >= 0.3 is 0 Å². The summed E-state index contributed by atoms with van der Waals surface area (Å²) >= 11 is 1.71. The van der Waals surface area contributed by atoms with Gasteiger partial charge in [0.05, 0.1) is 10.7 Å². The van der Waals surface area contributed by atoms with Crippen LogP contribution in [0, 0.1) is 6.92 Å². The molecule has 0 atom stereocenters. The highest BCUT2D eigenvalue weighted by Gasteiger charge is 2.00. The summed E-state index contributed by atoms with van der Waals surface area (Å²) in [5.74, 6) is 0.893. The lowest BCUT2D eigenvalue weighted by molar-refractivity contribution is 0.389. The quantitative estimate of drug-likeness (QED) is 0.370. The molecule has 2 N–H and O–H groups in total. The van der Waals surface area contributed by atoms with Crippen LogP contribution in [-0.2, 0) is 6.42 Å². The summed E-state index contributed by atoms with van der Waals surface area (Å²) in [5.41, 5.74) is 1.16. The lowest BCUT2D eigenvalue weighted by Crippen LogP contribution is -2.38. The third-order valence-corrected chi connectivity index (χ3v) is 4.46. The maximum Gasteiger partial charge on any atom is 0.190 e. The fourth-order valence-electron chi connectivity index (χ4n) is 2.34. The molecule has 0 amide bonds. The molecule has 0 aliphatic heterocycles. The topological polar surface area (TPSA) is 52.6 Å². The molecule has 132 valence electrons. The number of aryl methyl sites for hydroxylation is 1. The Kier molecular flexibility index (Phi) is 10.6. The van der Waals surface area contributed by atoms with E-state index in [4.69, 9.17) is 0 Å². The average molecular weight is 340 g/mol. The summed E-state index contributed by atoms with van der Waals surface area (Å²) in [6.45, 7) is 5.10. The first-order chi connectivity index (χ1) is 11.1. The number of guanidine groups is 1. The lowest BCUT2D eigenvalue weighted by atomic mass is 10.1. The van der Waals surface area contributed by atoms with Gasteiger partial charge in [0.15, 0.2) is 5.96 Å². The van der Waals surface area contributed by atoms with Crippen molar-refractivity contribution in [1.82, 2.24) is 20.5 Å². The molecule has 0 saturated carbocycles. The molecule has 1 aromatic rings. The first kappa shape index (κ1) is 19.9. The van der Waals surface area contributed by atoms with Crippen LogP contribution in [0.5, 0.6) is 0 Å². The van der Waals surface area contributed by atoms with Gasteiger partial charge in [-0.3, -0.25) is 4.99 Å². The average Bonchev–Trinajstić information content (AvgIpc) is 2.93. The fourth-order valence-corrected chi connectivity index (χ4v) is 2.99. The van der Waals surface area contributed by atoms with Crippen LogP contribution in [0.1, 0.15) is 42.8 Å². The molecule has 0 bridgehead atoms. The van der Waals surface area contributed by atoms with Gasteiger partial charge in [-0.2, -0.15) is 0 Å². The van der Waals surface area contributed by atoms with E-state index in [9.17, 15) is 0 Å². The van der Waals surface area contributed by atoms with Crippen molar-refractivity contribution in [2.75, 3.05) is 40.8 Å². The Morgan fingerprint density at radius 3 is 2.48 bits per heavy atom. The first-order valence-electron chi connectivity index (χ1n) is 8.62. The highest BCUT2D eigenvalue weighted by molar-refractivity contribution is 7.09. The molecule has 1 rings (SSSR count). The van der Waals surface area contributed by atoms with E-state index in [-0.39, 0.29) is 0 Å². The molecular formula is C17H33N5S. The fraction of sp³-hybridized carbons (Fsp3) is 0.765. The van der Waals surface area contributed by atoms with Crippen molar-refractivity contribution in [2.24, 2.45) is 4.99 Å². The smallest absolute Gasteiger partial charge is 0.190 e. The van der Waals surface area contributed by atoms with Crippen LogP contribution in [0.3, 0.4) is 0 Å². The predicted octanol–water partition coefficient (Wildman–Crippen LogP) is 2.67. The van der Waals surface area contributed by atoms with Crippen molar-refractivity contribution < 1.29 is 0 Å². The van der Waals surface area contributed by atoms with Crippen LogP contribution in [0.15, 0.2) is 10.4 Å². The molecule has 0 aromatic carbocycles. The number of aromatic nitrogens is 1. The Balaban J connectivity index is 1.99. The van der Waals surface area contributed by atoms with Crippen molar-refractivity contribution in [2.45, 2.75) is 45.4 Å². The standard InChI is InChI=1S/C17H33N5S/c1-15-21-16(14-23-15)10-12-20-17(18-2)19-11-8-6-5-7-9-13-22(3)4/h14H,5-13H2,1-4H3,(H2,18,19,20). The maximum atomic E-state index is 4.47. The number of nitrogens with one attached hydrogen (secondary N) is 2. The highest BCUT2D eigenvalue weighted by Crippen LogP contribution is 2.07. The number of aliphatic imine (C=N–C) groups is 1. The van der Waals surface area contributed by atoms with Crippen molar-refractivity contribution in [1.29, 1.82) is 0 Å². The zero-order chi connectivity index (χ0) is 16.9. The third-order valence-electron chi connectivity index (χ3n) is 3.64. The van der Waals surface area contributed by atoms with E-state index < -0.39 is 0 Å². The third kappa shape index (κ3) is 10.3. The van der Waals surface area contributed by atoms with Crippen LogP contribution in [0.25, 0.3) is 0 Å². The summed E-state index contributed by atoms with van der Waals surface area (Å²) in [7, 11) is 6.10. The summed E-state index contributed by atoms with van der Waals surface area (Å²) < 4.78 is 0. The normalized spacial score (nSPS) is 12.0. The summed E-state index contributed by atoms with van der Waals surface area (Å²) in [6.07, 6.45) is 7.39. The molecule has 1 aromatic heterocycles. The molecule has 5 nitrogen and oxygen atoms in total. The number of hydrogen-bond donors (Lipinski definition) is 2. The highest BCUT2D eigenvalue weighted by atomic mass is 32.1. The van der Waals surface area contributed by atoms with Crippen LogP contribution >= 0.6 is 11.3 Å². The molecule has 23 heavy (non-hydrogen) atoms. The minimum absolute atomic E-state index is 0.868. The monoisotopic (exact) mass is 339 g/mol. The van der Waals surface area contributed by atoms with E-state index in [0.29, 0.717) is 0 Å². The first-order valence-corrected chi connectivity index (χ1v) is 9.50. The van der Waals surface area contributed by atoms with E-state index in [1.165, 1.54) is 38.6 Å². The number of unbranched alkanes of at least 4 members (excludes halogenated alkanes) is 4. The zero-order valence-electron chi connectivity index (χ0n) is 15.2. The summed E-state index contributed by atoms with van der Waals surface area (Å²) in [6, 6.07) is 0. The van der Waals surface area contributed by atoms with Gasteiger partial charge in [0.1, 0.15) is 0 Å². The van der Waals surface area contributed by atoms with E-state index in [0.717, 1.165) is 36.2 Å². The molecule has 0 aliphatic carbocycles. The van der Waals surface area contributed by atoms with Gasteiger partial charge in [-0.15, -0.1) is 11.3 Å². The van der Waals surface area contributed by atoms with E-state index in [1.807, 2.05) is 14.0 Å². The second-order valence-electron chi connectivity index (χ2n) is 6.10. The van der Waals surface area contributed by atoms with Crippen molar-refractivity contribution in [3.63, 3.8) is 0 Å². The minimum Gasteiger partial charge on any atom is -0.356 e. The van der Waals surface area contributed by atoms with Gasteiger partial charge in [-0.1, -0.05) is 19.3 Å². The molecule has 0 radical (unpaired) electrons. The van der Waals surface area contributed by atoms with Crippen molar-refractivity contribution in [3.05, 3.63) is 16.1 Å². The van der Waals surface area contributed by atoms with E-state index >= 15 is 0 Å². The SMILES string of the molecule is CN=C(NCCCCCCCN(C)C)NCCc1csc(C)n1. The molecule has 0 fully saturated rings. The number of hydrogen-bond acceptors (Lipinski definition) is 4. The Hall–Kier alpha value is -1.14. The summed E-state index contributed by atoms with van der Waals surface area (Å²) in [5, 5.41) is 9.99. The molecule has 0 unspecified atom stereocenters. The van der Waals surface area contributed by atoms with Gasteiger partial charge in [0.25, 0.3) is 0 Å². The van der Waals surface area contributed by atoms with Gasteiger partial charge in [0.2, 0.25) is 0 Å². The van der Waals surface area contributed by atoms with Crippen LogP contribution in [0.2, 0.25) is 0 Å². The summed E-state index contributed by atoms with van der Waals surface area (Å²) in [4.78, 5) is 11.0. The Bertz CT molecular complexity index is 442. The van der Waals surface area contributed by atoms with Crippen molar-refractivity contribution in [3.8, 4) is 0 Å². The number of thiazole rings is 1. The molecule has 0 aliphatic rings. The molecule has 1 heterocycles.